The fraction of sp³-hybridized carbons (Fsp3) is 0.318. The summed E-state index contributed by atoms with van der Waals surface area (Å²) in [5.74, 6) is 2.21. The molecule has 1 aliphatic heterocycles. The normalized spacial score (nSPS) is 15.2. The molecule has 1 saturated carbocycles. The van der Waals surface area contributed by atoms with Crippen LogP contribution in [0.25, 0.3) is 6.08 Å². The number of rotatable bonds is 6. The van der Waals surface area contributed by atoms with Crippen molar-refractivity contribution in [2.45, 2.75) is 25.4 Å². The molecule has 5 nitrogen and oxygen atoms in total. The van der Waals surface area contributed by atoms with Crippen LogP contribution in [-0.2, 0) is 11.3 Å². The van der Waals surface area contributed by atoms with Gasteiger partial charge in [0.2, 0.25) is 0 Å². The van der Waals surface area contributed by atoms with Crippen LogP contribution >= 0.6 is 11.6 Å². The summed E-state index contributed by atoms with van der Waals surface area (Å²) in [4.78, 5) is 15.2. The molecule has 1 aliphatic carbocycles. The number of ether oxygens (including phenoxy) is 3. The van der Waals surface area contributed by atoms with Gasteiger partial charge in [0.25, 0.3) is 5.91 Å². The van der Waals surface area contributed by atoms with Gasteiger partial charge < -0.3 is 19.1 Å². The molecule has 0 aromatic heterocycles. The number of carbonyl (C=O) groups excluding carboxylic acids is 1. The molecule has 1 heterocycles. The van der Waals surface area contributed by atoms with Crippen molar-refractivity contribution in [1.82, 2.24) is 4.90 Å². The maximum absolute atomic E-state index is 13.3. The first kappa shape index (κ1) is 18.7. The van der Waals surface area contributed by atoms with Gasteiger partial charge in [-0.1, -0.05) is 11.6 Å². The number of carbonyl (C=O) groups is 1. The van der Waals surface area contributed by atoms with Crippen molar-refractivity contribution in [3.8, 4) is 17.2 Å². The lowest BCUT2D eigenvalue weighted by molar-refractivity contribution is -0.128. The van der Waals surface area contributed by atoms with E-state index >= 15 is 0 Å². The van der Waals surface area contributed by atoms with Crippen molar-refractivity contribution < 1.29 is 19.0 Å². The van der Waals surface area contributed by atoms with Crippen LogP contribution in [0.1, 0.15) is 24.0 Å². The lowest BCUT2D eigenvalue weighted by atomic mass is 10.1. The van der Waals surface area contributed by atoms with Crippen molar-refractivity contribution in [2.75, 3.05) is 20.8 Å². The minimum absolute atomic E-state index is 0.0157. The molecule has 146 valence electrons. The molecule has 28 heavy (non-hydrogen) atoms. The Morgan fingerprint density at radius 2 is 2.00 bits per heavy atom. The first-order chi connectivity index (χ1) is 13.6. The van der Waals surface area contributed by atoms with E-state index in [4.69, 9.17) is 25.8 Å². The van der Waals surface area contributed by atoms with Crippen LogP contribution in [0.5, 0.6) is 17.2 Å². The molecule has 2 aromatic carbocycles. The number of nitrogens with zero attached hydrogens (tertiary/aromatic N) is 1. The number of benzene rings is 2. The number of hydrogen-bond acceptors (Lipinski definition) is 4. The lowest BCUT2D eigenvalue weighted by Crippen LogP contribution is -2.35. The number of amides is 1. The third-order valence-corrected chi connectivity index (χ3v) is 5.27. The maximum atomic E-state index is 13.3. The average molecular weight is 400 g/mol. The second kappa shape index (κ2) is 7.76. The smallest absolute Gasteiger partial charge is 0.253 e. The summed E-state index contributed by atoms with van der Waals surface area (Å²) < 4.78 is 16.6. The summed E-state index contributed by atoms with van der Waals surface area (Å²) in [5.41, 5.74) is 2.38. The molecule has 2 aromatic rings. The Morgan fingerprint density at radius 3 is 2.71 bits per heavy atom. The van der Waals surface area contributed by atoms with Gasteiger partial charge >= 0.3 is 0 Å². The standard InChI is InChI=1S/C22H22ClNO4/c1-26-19-6-8-20(27-2)15(11-19)12-24(18-4-5-18)22(25)16-9-14-10-17(23)3-7-21(14)28-13-16/h3,6-11,18H,4-5,12-13H2,1-2H3. The molecular weight excluding hydrogens is 378 g/mol. The Labute approximate surface area is 169 Å². The topological polar surface area (TPSA) is 48.0 Å². The van der Waals surface area contributed by atoms with Crippen molar-refractivity contribution >= 4 is 23.6 Å². The third-order valence-electron chi connectivity index (χ3n) is 5.04. The third kappa shape index (κ3) is 3.80. The van der Waals surface area contributed by atoms with Crippen LogP contribution in [0.15, 0.2) is 42.0 Å². The van der Waals surface area contributed by atoms with E-state index in [9.17, 15) is 4.79 Å². The Kier molecular flexibility index (Phi) is 5.18. The van der Waals surface area contributed by atoms with E-state index in [0.29, 0.717) is 17.1 Å². The summed E-state index contributed by atoms with van der Waals surface area (Å²) in [5, 5.41) is 0.618. The second-order valence-corrected chi connectivity index (χ2v) is 7.42. The first-order valence-electron chi connectivity index (χ1n) is 9.24. The lowest BCUT2D eigenvalue weighted by Gasteiger charge is -2.27. The largest absolute Gasteiger partial charge is 0.497 e. The van der Waals surface area contributed by atoms with Crippen molar-refractivity contribution in [2.24, 2.45) is 0 Å². The Hall–Kier alpha value is -2.66. The molecule has 6 heteroatoms. The predicted molar refractivity (Wildman–Crippen MR) is 108 cm³/mol. The number of methoxy groups -OCH3 is 2. The molecule has 2 aliphatic rings. The molecule has 0 bridgehead atoms. The zero-order chi connectivity index (χ0) is 19.7. The van der Waals surface area contributed by atoms with E-state index < -0.39 is 0 Å². The van der Waals surface area contributed by atoms with E-state index in [1.54, 1.807) is 20.3 Å². The van der Waals surface area contributed by atoms with Gasteiger partial charge in [-0.15, -0.1) is 0 Å². The van der Waals surface area contributed by atoms with Crippen LogP contribution in [-0.4, -0.2) is 37.7 Å². The Morgan fingerprint density at radius 1 is 1.18 bits per heavy atom. The molecule has 0 spiro atoms. The predicted octanol–water partition coefficient (Wildman–Crippen LogP) is 4.32. The van der Waals surface area contributed by atoms with Gasteiger partial charge in [0.05, 0.1) is 26.3 Å². The number of halogens is 1. The second-order valence-electron chi connectivity index (χ2n) is 6.98. The highest BCUT2D eigenvalue weighted by molar-refractivity contribution is 6.30. The van der Waals surface area contributed by atoms with E-state index in [-0.39, 0.29) is 18.6 Å². The highest BCUT2D eigenvalue weighted by atomic mass is 35.5. The van der Waals surface area contributed by atoms with Crippen LogP contribution in [0.2, 0.25) is 5.02 Å². The maximum Gasteiger partial charge on any atom is 0.253 e. The summed E-state index contributed by atoms with van der Waals surface area (Å²) in [7, 11) is 3.26. The molecule has 1 fully saturated rings. The van der Waals surface area contributed by atoms with Crippen LogP contribution in [0, 0.1) is 0 Å². The minimum atomic E-state index is -0.0157. The summed E-state index contributed by atoms with van der Waals surface area (Å²) in [6.45, 7) is 0.718. The molecule has 0 N–H and O–H groups in total. The molecule has 0 radical (unpaired) electrons. The van der Waals surface area contributed by atoms with Crippen molar-refractivity contribution in [3.63, 3.8) is 0 Å². The quantitative estimate of drug-likeness (QED) is 0.725. The highest BCUT2D eigenvalue weighted by Crippen LogP contribution is 2.35. The zero-order valence-corrected chi connectivity index (χ0v) is 16.7. The molecule has 0 unspecified atom stereocenters. The van der Waals surface area contributed by atoms with Gasteiger partial charge in [-0.05, 0) is 55.3 Å². The average Bonchev–Trinajstić information content (AvgIpc) is 3.55. The van der Waals surface area contributed by atoms with Gasteiger partial charge in [-0.25, -0.2) is 0 Å². The van der Waals surface area contributed by atoms with Gasteiger partial charge in [-0.3, -0.25) is 4.79 Å². The minimum Gasteiger partial charge on any atom is -0.497 e. The highest BCUT2D eigenvalue weighted by Gasteiger charge is 2.35. The van der Waals surface area contributed by atoms with Crippen molar-refractivity contribution in [1.29, 1.82) is 0 Å². The van der Waals surface area contributed by atoms with Crippen LogP contribution < -0.4 is 14.2 Å². The Balaban J connectivity index is 1.62. The first-order valence-corrected chi connectivity index (χ1v) is 9.61. The monoisotopic (exact) mass is 399 g/mol. The zero-order valence-electron chi connectivity index (χ0n) is 15.9. The molecule has 0 saturated heterocycles. The fourth-order valence-electron chi connectivity index (χ4n) is 3.40. The van der Waals surface area contributed by atoms with Gasteiger partial charge in [-0.2, -0.15) is 0 Å². The molecular formula is C22H22ClNO4. The summed E-state index contributed by atoms with van der Waals surface area (Å²) in [6, 6.07) is 11.3. The summed E-state index contributed by atoms with van der Waals surface area (Å²) in [6.07, 6.45) is 3.90. The van der Waals surface area contributed by atoms with Gasteiger partial charge in [0, 0.05) is 22.2 Å². The SMILES string of the molecule is COc1ccc(OC)c(CN(C(=O)C2=Cc3cc(Cl)ccc3OC2)C2CC2)c1. The van der Waals surface area contributed by atoms with Gasteiger partial charge in [0.1, 0.15) is 23.9 Å². The van der Waals surface area contributed by atoms with E-state index in [0.717, 1.165) is 41.2 Å². The van der Waals surface area contributed by atoms with E-state index in [1.165, 1.54) is 0 Å². The van der Waals surface area contributed by atoms with Crippen LogP contribution in [0.3, 0.4) is 0 Å². The molecule has 1 amide bonds. The van der Waals surface area contributed by atoms with E-state index in [2.05, 4.69) is 0 Å². The van der Waals surface area contributed by atoms with Crippen LogP contribution in [0.4, 0.5) is 0 Å². The van der Waals surface area contributed by atoms with Gasteiger partial charge in [0.15, 0.2) is 0 Å². The molecule has 4 rings (SSSR count). The number of hydrogen-bond donors (Lipinski definition) is 0. The Bertz CT molecular complexity index is 936. The van der Waals surface area contributed by atoms with E-state index in [1.807, 2.05) is 41.3 Å². The molecule has 0 atom stereocenters. The summed E-state index contributed by atoms with van der Waals surface area (Å²) >= 11 is 6.09. The van der Waals surface area contributed by atoms with Crippen molar-refractivity contribution in [3.05, 3.63) is 58.1 Å². The fourth-order valence-corrected chi connectivity index (χ4v) is 3.58. The number of fused-ring (bicyclic) bond motifs is 1.